The fourth-order valence-electron chi connectivity index (χ4n) is 7.39. The molecule has 206 valence electrons. The van der Waals surface area contributed by atoms with Crippen molar-refractivity contribution in [1.82, 2.24) is 9.80 Å². The van der Waals surface area contributed by atoms with E-state index >= 15 is 0 Å². The maximum Gasteiger partial charge on any atom is 0.311 e. The number of unbranched alkanes of at least 4 members (excludes halogenated alkanes) is 3. The summed E-state index contributed by atoms with van der Waals surface area (Å²) in [5, 5.41) is 9.14. The minimum absolute atomic E-state index is 0.0230. The number of fused-ring (bicyclic) bond motifs is 1. The minimum Gasteiger partial charge on any atom is -0.461 e. The molecule has 3 heterocycles. The summed E-state index contributed by atoms with van der Waals surface area (Å²) < 4.78 is 4.48. The van der Waals surface area contributed by atoms with Crippen LogP contribution in [0.4, 0.5) is 0 Å². The van der Waals surface area contributed by atoms with E-state index in [1.54, 1.807) is 23.9 Å². The van der Waals surface area contributed by atoms with Crippen molar-refractivity contribution in [3.63, 3.8) is 0 Å². The van der Waals surface area contributed by atoms with E-state index < -0.39 is 27.4 Å². The predicted octanol–water partition coefficient (Wildman–Crippen LogP) is 4.10. The van der Waals surface area contributed by atoms with E-state index in [2.05, 4.69) is 20.1 Å². The number of hydrogen-bond acceptors (Lipinski definition) is 6. The number of ether oxygens (including phenoxy) is 1. The van der Waals surface area contributed by atoms with Crippen LogP contribution in [0.25, 0.3) is 0 Å². The Bertz CT molecular complexity index is 890. The molecule has 5 atom stereocenters. The maximum absolute atomic E-state index is 14.5. The summed E-state index contributed by atoms with van der Waals surface area (Å²) in [7, 11) is 0. The second-order valence-electron chi connectivity index (χ2n) is 11.4. The Morgan fingerprint density at radius 2 is 1.86 bits per heavy atom. The molecular formula is C29H44N2O5S. The topological polar surface area (TPSA) is 87.1 Å². The smallest absolute Gasteiger partial charge is 0.311 e. The van der Waals surface area contributed by atoms with Crippen LogP contribution in [-0.4, -0.2) is 80.6 Å². The molecule has 1 spiro atoms. The standard InChI is InChI=1S/C29H44N2O5S/c1-4-17-30(21-13-9-8-10-14-21)26(34)24-29-16-15-28(3,37-29)23(27(35)36-20-5-2)22(29)25(33)31(24)18-11-6-7-12-19-32/h4-5,21-24,32H,1-2,6-20H2,3H3/t22-,23+,24?,28-,29?/m0/s1. The quantitative estimate of drug-likeness (QED) is 0.218. The second kappa shape index (κ2) is 11.9. The molecule has 0 aromatic heterocycles. The van der Waals surface area contributed by atoms with E-state index in [9.17, 15) is 14.4 Å². The van der Waals surface area contributed by atoms with Gasteiger partial charge < -0.3 is 19.6 Å². The lowest BCUT2D eigenvalue weighted by atomic mass is 9.66. The van der Waals surface area contributed by atoms with Gasteiger partial charge in [0, 0.05) is 30.5 Å². The first-order chi connectivity index (χ1) is 17.8. The van der Waals surface area contributed by atoms with Crippen LogP contribution in [0.1, 0.15) is 77.6 Å². The summed E-state index contributed by atoms with van der Waals surface area (Å²) >= 11 is 1.70. The number of carbonyl (C=O) groups excluding carboxylic acids is 3. The highest BCUT2D eigenvalue weighted by atomic mass is 32.2. The fourth-order valence-corrected chi connectivity index (χ4v) is 9.73. The third-order valence-corrected chi connectivity index (χ3v) is 11.0. The Balaban J connectivity index is 1.67. The van der Waals surface area contributed by atoms with Crippen LogP contribution in [0.5, 0.6) is 0 Å². The Morgan fingerprint density at radius 1 is 1.14 bits per heavy atom. The van der Waals surface area contributed by atoms with Gasteiger partial charge in [0.2, 0.25) is 11.8 Å². The van der Waals surface area contributed by atoms with Gasteiger partial charge in [0.1, 0.15) is 12.6 Å². The van der Waals surface area contributed by atoms with E-state index in [-0.39, 0.29) is 37.0 Å². The van der Waals surface area contributed by atoms with E-state index in [4.69, 9.17) is 9.84 Å². The molecule has 1 N–H and O–H groups in total. The molecule has 4 aliphatic rings. The molecule has 0 radical (unpaired) electrons. The van der Waals surface area contributed by atoms with E-state index in [1.165, 1.54) is 6.42 Å². The van der Waals surface area contributed by atoms with Crippen LogP contribution in [0.3, 0.4) is 0 Å². The van der Waals surface area contributed by atoms with Crippen LogP contribution < -0.4 is 0 Å². The average Bonchev–Trinajstić information content (AvgIpc) is 3.46. The number of nitrogens with zero attached hydrogens (tertiary/aromatic N) is 2. The van der Waals surface area contributed by atoms with Crippen LogP contribution in [-0.2, 0) is 19.1 Å². The molecule has 2 bridgehead atoms. The Kier molecular flexibility index (Phi) is 9.10. The van der Waals surface area contributed by atoms with Crippen LogP contribution >= 0.6 is 11.8 Å². The van der Waals surface area contributed by atoms with Crippen molar-refractivity contribution in [2.24, 2.45) is 11.8 Å². The largest absolute Gasteiger partial charge is 0.461 e. The van der Waals surface area contributed by atoms with Gasteiger partial charge in [-0.2, -0.15) is 0 Å². The van der Waals surface area contributed by atoms with Crippen molar-refractivity contribution in [2.75, 3.05) is 26.3 Å². The van der Waals surface area contributed by atoms with E-state index in [1.807, 2.05) is 9.80 Å². The highest BCUT2D eigenvalue weighted by Crippen LogP contribution is 2.71. The van der Waals surface area contributed by atoms with E-state index in [0.29, 0.717) is 13.1 Å². The van der Waals surface area contributed by atoms with Crippen LogP contribution in [0.15, 0.2) is 25.3 Å². The van der Waals surface area contributed by atoms with Crippen molar-refractivity contribution >= 4 is 29.5 Å². The monoisotopic (exact) mass is 532 g/mol. The molecule has 2 unspecified atom stereocenters. The Hall–Kier alpha value is -1.80. The van der Waals surface area contributed by atoms with Crippen molar-refractivity contribution in [3.8, 4) is 0 Å². The van der Waals surface area contributed by atoms with Gasteiger partial charge in [-0.05, 0) is 45.4 Å². The molecule has 4 rings (SSSR count). The third-order valence-electron chi connectivity index (χ3n) is 9.04. The molecule has 2 amide bonds. The molecule has 8 heteroatoms. The van der Waals surface area contributed by atoms with E-state index in [0.717, 1.165) is 64.2 Å². The predicted molar refractivity (Wildman–Crippen MR) is 146 cm³/mol. The summed E-state index contributed by atoms with van der Waals surface area (Å²) in [4.78, 5) is 45.8. The lowest BCUT2D eigenvalue weighted by Crippen LogP contribution is -2.57. The van der Waals surface area contributed by atoms with Gasteiger partial charge in [0.25, 0.3) is 0 Å². The summed E-state index contributed by atoms with van der Waals surface area (Å²) in [6.45, 7) is 10.9. The van der Waals surface area contributed by atoms with Crippen molar-refractivity contribution in [1.29, 1.82) is 0 Å². The first-order valence-corrected chi connectivity index (χ1v) is 15.0. The highest BCUT2D eigenvalue weighted by molar-refractivity contribution is 8.02. The number of aliphatic hydroxyl groups is 1. The zero-order valence-electron chi connectivity index (χ0n) is 22.4. The summed E-state index contributed by atoms with van der Waals surface area (Å²) in [6.07, 6.45) is 13.6. The molecule has 1 saturated carbocycles. The molecule has 3 saturated heterocycles. The van der Waals surface area contributed by atoms with Crippen molar-refractivity contribution < 1.29 is 24.2 Å². The number of rotatable bonds is 13. The molecule has 0 aromatic rings. The van der Waals surface area contributed by atoms with Gasteiger partial charge in [-0.15, -0.1) is 18.3 Å². The zero-order chi connectivity index (χ0) is 26.6. The highest BCUT2D eigenvalue weighted by Gasteiger charge is 2.77. The van der Waals surface area contributed by atoms with Gasteiger partial charge >= 0.3 is 5.97 Å². The summed E-state index contributed by atoms with van der Waals surface area (Å²) in [5.74, 6) is -1.50. The van der Waals surface area contributed by atoms with Gasteiger partial charge in [-0.25, -0.2) is 0 Å². The van der Waals surface area contributed by atoms with Crippen molar-refractivity contribution in [3.05, 3.63) is 25.3 Å². The third kappa shape index (κ3) is 5.12. The lowest BCUT2D eigenvalue weighted by Gasteiger charge is -2.41. The number of hydrogen-bond donors (Lipinski definition) is 1. The van der Waals surface area contributed by atoms with Crippen molar-refractivity contribution in [2.45, 2.75) is 99.1 Å². The Morgan fingerprint density at radius 3 is 2.54 bits per heavy atom. The zero-order valence-corrected chi connectivity index (χ0v) is 23.2. The van der Waals surface area contributed by atoms with Gasteiger partial charge in [-0.3, -0.25) is 14.4 Å². The maximum atomic E-state index is 14.5. The molecule has 37 heavy (non-hydrogen) atoms. The molecule has 0 aromatic carbocycles. The number of likely N-dealkylation sites (tertiary alicyclic amines) is 1. The number of aliphatic hydroxyl groups excluding tert-OH is 1. The first-order valence-electron chi connectivity index (χ1n) is 14.1. The molecule has 1 aliphatic carbocycles. The van der Waals surface area contributed by atoms with Crippen LogP contribution in [0, 0.1) is 11.8 Å². The Labute approximate surface area is 226 Å². The summed E-state index contributed by atoms with van der Waals surface area (Å²) in [5.41, 5.74) is 0. The number of amides is 2. The number of carbonyl (C=O) groups is 3. The van der Waals surface area contributed by atoms with Gasteiger partial charge in [-0.1, -0.05) is 50.8 Å². The molecular weight excluding hydrogens is 488 g/mol. The fraction of sp³-hybridized carbons (Fsp3) is 0.759. The van der Waals surface area contributed by atoms with Crippen LogP contribution in [0.2, 0.25) is 0 Å². The normalized spacial score (nSPS) is 32.9. The molecule has 4 fully saturated rings. The number of thioether (sulfide) groups is 1. The lowest BCUT2D eigenvalue weighted by molar-refractivity contribution is -0.154. The number of esters is 1. The molecule has 3 aliphatic heterocycles. The van der Waals surface area contributed by atoms with Gasteiger partial charge in [0.05, 0.1) is 16.6 Å². The minimum atomic E-state index is -0.611. The molecule has 7 nitrogen and oxygen atoms in total. The SMILES string of the molecule is C=CCOC(=O)[C@H]1[C@H]2C(=O)N(CCCCCCO)C(C(=O)N(CC=C)C3CCCCC3)C23CC[C@]1(C)S3. The van der Waals surface area contributed by atoms with Gasteiger partial charge in [0.15, 0.2) is 0 Å². The summed E-state index contributed by atoms with van der Waals surface area (Å²) in [6, 6.07) is -0.405. The first kappa shape index (κ1) is 28.2. The average molecular weight is 533 g/mol. The second-order valence-corrected chi connectivity index (χ2v) is 13.3.